The van der Waals surface area contributed by atoms with E-state index in [2.05, 4.69) is 26.3 Å². The zero-order valence-corrected chi connectivity index (χ0v) is 10.9. The molecular weight excluding hydrogens is 246 g/mol. The van der Waals surface area contributed by atoms with E-state index in [1.165, 1.54) is 12.7 Å². The number of carbonyl (C=O) groups excluding carboxylic acids is 1. The lowest BCUT2D eigenvalue weighted by molar-refractivity contribution is 0.0593. The molecule has 2 heterocycles. The molecule has 2 rings (SSSR count). The van der Waals surface area contributed by atoms with E-state index in [4.69, 9.17) is 4.74 Å². The minimum Gasteiger partial charge on any atom is -0.464 e. The largest absolute Gasteiger partial charge is 0.464 e. The topological polar surface area (TPSA) is 73.3 Å². The van der Waals surface area contributed by atoms with E-state index in [0.717, 1.165) is 26.0 Å². The number of esters is 1. The summed E-state index contributed by atoms with van der Waals surface area (Å²) in [7, 11) is 1.32. The molecule has 6 nitrogen and oxygen atoms in total. The Balaban J connectivity index is 1.79. The summed E-state index contributed by atoms with van der Waals surface area (Å²) in [4.78, 5) is 11.2. The van der Waals surface area contributed by atoms with Crippen LogP contribution in [-0.2, 0) is 9.47 Å². The Morgan fingerprint density at radius 1 is 1.47 bits per heavy atom. The van der Waals surface area contributed by atoms with Crippen molar-refractivity contribution < 1.29 is 14.3 Å². The molecule has 0 saturated heterocycles. The van der Waals surface area contributed by atoms with Gasteiger partial charge in [0.1, 0.15) is 5.82 Å². The van der Waals surface area contributed by atoms with E-state index < -0.39 is 5.97 Å². The van der Waals surface area contributed by atoms with Gasteiger partial charge >= 0.3 is 5.97 Å². The number of ether oxygens (including phenoxy) is 2. The molecule has 0 radical (unpaired) electrons. The van der Waals surface area contributed by atoms with E-state index in [1.54, 1.807) is 12.1 Å². The Morgan fingerprint density at radius 3 is 3.00 bits per heavy atom. The fourth-order valence-electron chi connectivity index (χ4n) is 1.78. The normalized spacial score (nSPS) is 14.7. The molecule has 1 aromatic heterocycles. The SMILES string of the molecule is COC(=O)c1ccc(NCCC2=CCOCC2)nn1. The maximum absolute atomic E-state index is 11.2. The van der Waals surface area contributed by atoms with Crippen molar-refractivity contribution in [2.45, 2.75) is 12.8 Å². The molecule has 1 N–H and O–H groups in total. The molecule has 1 aliphatic rings. The number of hydrogen-bond acceptors (Lipinski definition) is 6. The summed E-state index contributed by atoms with van der Waals surface area (Å²) in [5.74, 6) is 0.173. The third-order valence-corrected chi connectivity index (χ3v) is 2.87. The Hall–Kier alpha value is -1.95. The van der Waals surface area contributed by atoms with Crippen LogP contribution in [0, 0.1) is 0 Å². The van der Waals surface area contributed by atoms with Crippen molar-refractivity contribution >= 4 is 11.8 Å². The van der Waals surface area contributed by atoms with Crippen LogP contribution in [0.5, 0.6) is 0 Å². The summed E-state index contributed by atoms with van der Waals surface area (Å²) < 4.78 is 9.80. The van der Waals surface area contributed by atoms with Gasteiger partial charge in [-0.15, -0.1) is 10.2 Å². The summed E-state index contributed by atoms with van der Waals surface area (Å²) in [6.07, 6.45) is 4.08. The highest BCUT2D eigenvalue weighted by Crippen LogP contribution is 2.12. The van der Waals surface area contributed by atoms with Gasteiger partial charge in [0.15, 0.2) is 5.69 Å². The highest BCUT2D eigenvalue weighted by molar-refractivity contribution is 5.86. The summed E-state index contributed by atoms with van der Waals surface area (Å²) >= 11 is 0. The molecular formula is C13H17N3O3. The quantitative estimate of drug-likeness (QED) is 0.639. The van der Waals surface area contributed by atoms with Gasteiger partial charge in [0.2, 0.25) is 0 Å². The van der Waals surface area contributed by atoms with E-state index in [1.807, 2.05) is 0 Å². The van der Waals surface area contributed by atoms with Crippen molar-refractivity contribution in [1.29, 1.82) is 0 Å². The first-order valence-corrected chi connectivity index (χ1v) is 6.21. The van der Waals surface area contributed by atoms with Crippen LogP contribution >= 0.6 is 0 Å². The van der Waals surface area contributed by atoms with Crippen LogP contribution in [0.4, 0.5) is 5.82 Å². The first kappa shape index (κ1) is 13.5. The molecule has 0 fully saturated rings. The Morgan fingerprint density at radius 2 is 2.37 bits per heavy atom. The number of methoxy groups -OCH3 is 1. The zero-order valence-electron chi connectivity index (χ0n) is 10.9. The lowest BCUT2D eigenvalue weighted by atomic mass is 10.1. The van der Waals surface area contributed by atoms with E-state index in [0.29, 0.717) is 12.4 Å². The zero-order chi connectivity index (χ0) is 13.5. The van der Waals surface area contributed by atoms with Crippen LogP contribution in [0.2, 0.25) is 0 Å². The molecule has 102 valence electrons. The van der Waals surface area contributed by atoms with Crippen molar-refractivity contribution in [1.82, 2.24) is 10.2 Å². The van der Waals surface area contributed by atoms with Crippen LogP contribution in [0.1, 0.15) is 23.3 Å². The lowest BCUT2D eigenvalue weighted by Gasteiger charge is -2.13. The molecule has 19 heavy (non-hydrogen) atoms. The van der Waals surface area contributed by atoms with E-state index >= 15 is 0 Å². The van der Waals surface area contributed by atoms with Crippen LogP contribution < -0.4 is 5.32 Å². The highest BCUT2D eigenvalue weighted by atomic mass is 16.5. The van der Waals surface area contributed by atoms with Gasteiger partial charge in [-0.05, 0) is 25.0 Å². The average Bonchev–Trinajstić information content (AvgIpc) is 2.48. The minimum absolute atomic E-state index is 0.209. The molecule has 0 saturated carbocycles. The average molecular weight is 263 g/mol. The number of anilines is 1. The molecule has 1 aromatic rings. The van der Waals surface area contributed by atoms with Crippen molar-refractivity contribution in [3.05, 3.63) is 29.5 Å². The molecule has 0 spiro atoms. The van der Waals surface area contributed by atoms with Gasteiger partial charge < -0.3 is 14.8 Å². The second kappa shape index (κ2) is 6.84. The third-order valence-electron chi connectivity index (χ3n) is 2.87. The second-order valence-corrected chi connectivity index (χ2v) is 4.16. The number of aromatic nitrogens is 2. The van der Waals surface area contributed by atoms with Crippen LogP contribution in [-0.4, -0.2) is 43.0 Å². The van der Waals surface area contributed by atoms with Gasteiger partial charge in [-0.1, -0.05) is 11.6 Å². The van der Waals surface area contributed by atoms with Crippen molar-refractivity contribution in [2.24, 2.45) is 0 Å². The maximum Gasteiger partial charge on any atom is 0.358 e. The summed E-state index contributed by atoms with van der Waals surface area (Å²) in [6, 6.07) is 3.31. The number of carbonyl (C=O) groups is 1. The molecule has 1 aliphatic heterocycles. The lowest BCUT2D eigenvalue weighted by Crippen LogP contribution is -2.11. The minimum atomic E-state index is -0.480. The highest BCUT2D eigenvalue weighted by Gasteiger charge is 2.07. The summed E-state index contributed by atoms with van der Waals surface area (Å²) in [5, 5.41) is 10.9. The number of hydrogen-bond donors (Lipinski definition) is 1. The number of nitrogens with zero attached hydrogens (tertiary/aromatic N) is 2. The van der Waals surface area contributed by atoms with E-state index in [9.17, 15) is 4.79 Å². The smallest absolute Gasteiger partial charge is 0.358 e. The van der Waals surface area contributed by atoms with Gasteiger partial charge in [0, 0.05) is 6.54 Å². The molecule has 6 heteroatoms. The van der Waals surface area contributed by atoms with Gasteiger partial charge in [-0.2, -0.15) is 0 Å². The first-order valence-electron chi connectivity index (χ1n) is 6.21. The van der Waals surface area contributed by atoms with Crippen LogP contribution in [0.15, 0.2) is 23.8 Å². The monoisotopic (exact) mass is 263 g/mol. The predicted molar refractivity (Wildman–Crippen MR) is 70.0 cm³/mol. The fraction of sp³-hybridized carbons (Fsp3) is 0.462. The van der Waals surface area contributed by atoms with Gasteiger partial charge in [0.05, 0.1) is 20.3 Å². The van der Waals surface area contributed by atoms with Crippen LogP contribution in [0.3, 0.4) is 0 Å². The third kappa shape index (κ3) is 4.03. The molecule has 0 unspecified atom stereocenters. The van der Waals surface area contributed by atoms with Crippen molar-refractivity contribution in [3.8, 4) is 0 Å². The molecule has 0 amide bonds. The first-order chi connectivity index (χ1) is 9.29. The van der Waals surface area contributed by atoms with E-state index in [-0.39, 0.29) is 5.69 Å². The van der Waals surface area contributed by atoms with Gasteiger partial charge in [0.25, 0.3) is 0 Å². The Labute approximate surface area is 111 Å². The molecule has 0 aliphatic carbocycles. The second-order valence-electron chi connectivity index (χ2n) is 4.16. The maximum atomic E-state index is 11.2. The summed E-state index contributed by atoms with van der Waals surface area (Å²) in [5.41, 5.74) is 1.61. The predicted octanol–water partition coefficient (Wildman–Crippen LogP) is 1.41. The summed E-state index contributed by atoms with van der Waals surface area (Å²) in [6.45, 7) is 2.31. The Kier molecular flexibility index (Phi) is 4.85. The van der Waals surface area contributed by atoms with Crippen molar-refractivity contribution in [3.63, 3.8) is 0 Å². The number of rotatable bonds is 5. The fourth-order valence-corrected chi connectivity index (χ4v) is 1.78. The Bertz CT molecular complexity index is 457. The van der Waals surface area contributed by atoms with Crippen molar-refractivity contribution in [2.75, 3.05) is 32.2 Å². The molecule has 0 bridgehead atoms. The van der Waals surface area contributed by atoms with Gasteiger partial charge in [-0.25, -0.2) is 4.79 Å². The molecule has 0 aromatic carbocycles. The van der Waals surface area contributed by atoms with Gasteiger partial charge in [-0.3, -0.25) is 0 Å². The van der Waals surface area contributed by atoms with Crippen LogP contribution in [0.25, 0.3) is 0 Å². The standard InChI is InChI=1S/C13H17N3O3/c1-18-13(17)11-2-3-12(16-15-11)14-7-4-10-5-8-19-9-6-10/h2-3,5H,4,6-9H2,1H3,(H,14,16). The molecule has 0 atom stereocenters. The number of nitrogens with one attached hydrogen (secondary N) is 1.